The molecule has 0 saturated heterocycles. The summed E-state index contributed by atoms with van der Waals surface area (Å²) >= 11 is 0. The molecule has 5 heteroatoms. The summed E-state index contributed by atoms with van der Waals surface area (Å²) in [5.41, 5.74) is 8.16. The molecule has 2 bridgehead atoms. The number of pyridine rings is 1. The van der Waals surface area contributed by atoms with Crippen LogP contribution in [0.2, 0.25) is 0 Å². The van der Waals surface area contributed by atoms with E-state index in [-0.39, 0.29) is 11.1 Å². The number of nitrogens with two attached hydrogens (primary N) is 1. The summed E-state index contributed by atoms with van der Waals surface area (Å²) in [5, 5.41) is 3.46. The minimum Gasteiger partial charge on any atom is -0.363 e. The average molecular weight is 253 g/mol. The molecule has 3 aliphatic rings. The molecule has 3 N–H and O–H groups in total. The molecule has 3 fully saturated rings. The Morgan fingerprint density at radius 2 is 1.95 bits per heavy atom. The highest BCUT2D eigenvalue weighted by atomic mass is 15.2. The number of hydrogen-bond acceptors (Lipinski definition) is 5. The Labute approximate surface area is 111 Å². The summed E-state index contributed by atoms with van der Waals surface area (Å²) < 4.78 is 0. The predicted octanol–water partition coefficient (Wildman–Crippen LogP) is 1.58. The summed E-state index contributed by atoms with van der Waals surface area (Å²) in [6.45, 7) is 0. The van der Waals surface area contributed by atoms with E-state index in [2.05, 4.69) is 20.3 Å². The van der Waals surface area contributed by atoms with E-state index in [4.69, 9.17) is 5.73 Å². The lowest BCUT2D eigenvalue weighted by Gasteiger charge is -2.69. The second-order valence-electron chi connectivity index (χ2n) is 5.83. The largest absolute Gasteiger partial charge is 0.363 e. The van der Waals surface area contributed by atoms with Gasteiger partial charge in [-0.1, -0.05) is 0 Å². The highest BCUT2D eigenvalue weighted by Gasteiger charge is 2.66. The Bertz CT molecular complexity index is 588. The van der Waals surface area contributed by atoms with Crippen molar-refractivity contribution in [2.45, 2.75) is 30.3 Å². The molecule has 19 heavy (non-hydrogen) atoms. The van der Waals surface area contributed by atoms with Crippen LogP contribution in [0.3, 0.4) is 0 Å². The molecule has 2 aromatic rings. The minimum absolute atomic E-state index is 0.107. The van der Waals surface area contributed by atoms with Gasteiger partial charge in [0.2, 0.25) is 0 Å². The molecule has 2 heterocycles. The van der Waals surface area contributed by atoms with Crippen LogP contribution in [-0.2, 0) is 0 Å². The highest BCUT2D eigenvalue weighted by Crippen LogP contribution is 2.59. The zero-order chi connectivity index (χ0) is 12.9. The second kappa shape index (κ2) is 3.51. The Balaban J connectivity index is 1.51. The molecule has 3 aliphatic carbocycles. The fourth-order valence-electron chi connectivity index (χ4n) is 3.33. The molecule has 0 aliphatic heterocycles. The zero-order valence-electron chi connectivity index (χ0n) is 10.5. The van der Waals surface area contributed by atoms with Crippen molar-refractivity contribution in [3.8, 4) is 11.3 Å². The quantitative estimate of drug-likeness (QED) is 0.868. The number of aromatic nitrogens is 3. The molecule has 0 atom stereocenters. The second-order valence-corrected chi connectivity index (χ2v) is 5.83. The summed E-state index contributed by atoms with van der Waals surface area (Å²) in [6.07, 6.45) is 10.2. The first-order valence-electron chi connectivity index (χ1n) is 6.46. The number of nitrogens with one attached hydrogen (secondary N) is 1. The van der Waals surface area contributed by atoms with Gasteiger partial charge in [-0.25, -0.2) is 4.98 Å². The van der Waals surface area contributed by atoms with Crippen molar-refractivity contribution in [2.75, 3.05) is 5.32 Å². The Morgan fingerprint density at radius 1 is 1.11 bits per heavy atom. The van der Waals surface area contributed by atoms with Crippen LogP contribution in [0.4, 0.5) is 5.82 Å². The molecule has 2 aromatic heterocycles. The van der Waals surface area contributed by atoms with Gasteiger partial charge in [0, 0.05) is 29.0 Å². The molecule has 0 unspecified atom stereocenters. The van der Waals surface area contributed by atoms with Crippen molar-refractivity contribution >= 4 is 5.82 Å². The fraction of sp³-hybridized carbons (Fsp3) is 0.357. The van der Waals surface area contributed by atoms with E-state index in [9.17, 15) is 0 Å². The van der Waals surface area contributed by atoms with Gasteiger partial charge in [-0.05, 0) is 31.4 Å². The minimum atomic E-state index is 0.107. The van der Waals surface area contributed by atoms with Gasteiger partial charge >= 0.3 is 0 Å². The lowest BCUT2D eigenvalue weighted by atomic mass is 9.44. The first-order valence-corrected chi connectivity index (χ1v) is 6.46. The van der Waals surface area contributed by atoms with E-state index in [1.807, 2.05) is 12.1 Å². The van der Waals surface area contributed by atoms with Gasteiger partial charge in [-0.3, -0.25) is 9.97 Å². The predicted molar refractivity (Wildman–Crippen MR) is 72.4 cm³/mol. The van der Waals surface area contributed by atoms with Crippen molar-refractivity contribution in [1.82, 2.24) is 15.0 Å². The first-order chi connectivity index (χ1) is 9.17. The maximum atomic E-state index is 6.04. The topological polar surface area (TPSA) is 76.7 Å². The van der Waals surface area contributed by atoms with Crippen molar-refractivity contribution in [3.63, 3.8) is 0 Å². The van der Waals surface area contributed by atoms with E-state index in [1.165, 1.54) is 0 Å². The molecule has 0 aromatic carbocycles. The van der Waals surface area contributed by atoms with Crippen molar-refractivity contribution in [2.24, 2.45) is 5.73 Å². The van der Waals surface area contributed by atoms with Gasteiger partial charge < -0.3 is 11.1 Å². The van der Waals surface area contributed by atoms with Gasteiger partial charge in [0.25, 0.3) is 0 Å². The number of nitrogens with zero attached hydrogens (tertiary/aromatic N) is 3. The van der Waals surface area contributed by atoms with E-state index in [1.54, 1.807) is 24.8 Å². The molecule has 0 spiro atoms. The SMILES string of the molecule is NC12CC(Nc3cnc(-c4cccnc4)cn3)(C1)C2. The van der Waals surface area contributed by atoms with E-state index < -0.39 is 0 Å². The van der Waals surface area contributed by atoms with Crippen LogP contribution in [0.5, 0.6) is 0 Å². The molecule has 5 nitrogen and oxygen atoms in total. The number of rotatable bonds is 3. The van der Waals surface area contributed by atoms with Gasteiger partial charge in [-0.2, -0.15) is 0 Å². The lowest BCUT2D eigenvalue weighted by Crippen LogP contribution is -2.79. The Morgan fingerprint density at radius 3 is 2.53 bits per heavy atom. The zero-order valence-corrected chi connectivity index (χ0v) is 10.5. The van der Waals surface area contributed by atoms with Crippen molar-refractivity contribution in [3.05, 3.63) is 36.9 Å². The summed E-state index contributed by atoms with van der Waals surface area (Å²) in [7, 11) is 0. The molecular weight excluding hydrogens is 238 g/mol. The van der Waals surface area contributed by atoms with Crippen LogP contribution >= 0.6 is 0 Å². The number of anilines is 1. The molecule has 96 valence electrons. The molecule has 3 saturated carbocycles. The third kappa shape index (κ3) is 1.69. The van der Waals surface area contributed by atoms with Crippen LogP contribution in [0, 0.1) is 0 Å². The normalized spacial score (nSPS) is 31.2. The van der Waals surface area contributed by atoms with Gasteiger partial charge in [-0.15, -0.1) is 0 Å². The first kappa shape index (κ1) is 10.9. The Kier molecular flexibility index (Phi) is 2.01. The maximum absolute atomic E-state index is 6.04. The summed E-state index contributed by atoms with van der Waals surface area (Å²) in [6, 6.07) is 3.87. The van der Waals surface area contributed by atoms with Crippen LogP contribution in [0.25, 0.3) is 11.3 Å². The molecule has 0 amide bonds. The summed E-state index contributed by atoms with van der Waals surface area (Å²) in [5.74, 6) is 0.828. The highest BCUT2D eigenvalue weighted by molar-refractivity contribution is 5.57. The molecular formula is C14H15N5. The van der Waals surface area contributed by atoms with Gasteiger partial charge in [0.05, 0.1) is 18.1 Å². The summed E-state index contributed by atoms with van der Waals surface area (Å²) in [4.78, 5) is 12.9. The molecule has 5 rings (SSSR count). The van der Waals surface area contributed by atoms with Crippen LogP contribution in [0.15, 0.2) is 36.9 Å². The number of hydrogen-bond donors (Lipinski definition) is 2. The van der Waals surface area contributed by atoms with Crippen LogP contribution in [-0.4, -0.2) is 26.0 Å². The van der Waals surface area contributed by atoms with Crippen molar-refractivity contribution in [1.29, 1.82) is 0 Å². The third-order valence-electron chi connectivity index (χ3n) is 4.07. The standard InChI is InChI=1S/C14H15N5/c15-13-7-14(8-13,9-13)19-12-6-17-11(5-18-12)10-2-1-3-16-4-10/h1-6H,7-9,15H2,(H,18,19). The fourth-order valence-corrected chi connectivity index (χ4v) is 3.33. The van der Waals surface area contributed by atoms with Gasteiger partial charge in [0.15, 0.2) is 0 Å². The molecule has 0 radical (unpaired) electrons. The van der Waals surface area contributed by atoms with E-state index in [0.29, 0.717) is 0 Å². The smallest absolute Gasteiger partial charge is 0.144 e. The van der Waals surface area contributed by atoms with Crippen LogP contribution in [0.1, 0.15) is 19.3 Å². The monoisotopic (exact) mass is 253 g/mol. The van der Waals surface area contributed by atoms with Crippen molar-refractivity contribution < 1.29 is 0 Å². The van der Waals surface area contributed by atoms with Gasteiger partial charge in [0.1, 0.15) is 5.82 Å². The Hall–Kier alpha value is -2.01. The maximum Gasteiger partial charge on any atom is 0.144 e. The van der Waals surface area contributed by atoms with E-state index >= 15 is 0 Å². The third-order valence-corrected chi connectivity index (χ3v) is 4.07. The van der Waals surface area contributed by atoms with E-state index in [0.717, 1.165) is 36.3 Å². The lowest BCUT2D eigenvalue weighted by molar-refractivity contribution is -0.0320. The average Bonchev–Trinajstić information content (AvgIpc) is 2.38. The van der Waals surface area contributed by atoms with Crippen LogP contribution < -0.4 is 11.1 Å².